The maximum atomic E-state index is 13.1. The summed E-state index contributed by atoms with van der Waals surface area (Å²) in [7, 11) is 1.44. The number of hydrogen-bond acceptors (Lipinski definition) is 11. The number of aromatic nitrogens is 5. The van der Waals surface area contributed by atoms with Crippen LogP contribution >= 0.6 is 0 Å². The maximum absolute atomic E-state index is 13.1. The lowest BCUT2D eigenvalue weighted by atomic mass is 10.1. The molecule has 1 amide bonds. The van der Waals surface area contributed by atoms with E-state index in [1.54, 1.807) is 43.3 Å². The van der Waals surface area contributed by atoms with E-state index in [1.807, 2.05) is 6.92 Å². The van der Waals surface area contributed by atoms with E-state index in [1.165, 1.54) is 17.9 Å². The van der Waals surface area contributed by atoms with Gasteiger partial charge in [0.05, 0.1) is 19.4 Å². The van der Waals surface area contributed by atoms with E-state index in [9.17, 15) is 9.90 Å². The minimum absolute atomic E-state index is 0.00804. The second kappa shape index (κ2) is 9.91. The SMILES string of the molecule is CCOc1ccc(-c2c(C(=O)N/N=C(\C)c3ccc(O)c(OC)c3)nnn2-c2nonc2N)cc1. The molecule has 13 heteroatoms. The highest BCUT2D eigenvalue weighted by molar-refractivity contribution is 6.02. The molecule has 13 nitrogen and oxygen atoms in total. The van der Waals surface area contributed by atoms with Crippen LogP contribution in [0.4, 0.5) is 5.82 Å². The first-order valence-corrected chi connectivity index (χ1v) is 10.4. The van der Waals surface area contributed by atoms with Crippen LogP contribution in [0.3, 0.4) is 0 Å². The molecule has 2 aromatic carbocycles. The lowest BCUT2D eigenvalue weighted by Crippen LogP contribution is -2.21. The Morgan fingerprint density at radius 3 is 2.66 bits per heavy atom. The second-order valence-electron chi connectivity index (χ2n) is 7.15. The summed E-state index contributed by atoms with van der Waals surface area (Å²) in [4.78, 5) is 13.1. The standard InChI is InChI=1S/C22H22N8O5/c1-4-34-15-8-5-13(6-9-15)19-18(25-29-30(19)21-20(23)27-35-28-21)22(32)26-24-12(2)14-7-10-16(31)17(11-14)33-3/h5-11,31H,4H2,1-3H3,(H2,23,27)(H,26,32)/b24-12+. The van der Waals surface area contributed by atoms with Gasteiger partial charge in [-0.15, -0.1) is 5.10 Å². The highest BCUT2D eigenvalue weighted by atomic mass is 16.6. The third-order valence-electron chi connectivity index (χ3n) is 4.94. The molecule has 0 saturated heterocycles. The second-order valence-corrected chi connectivity index (χ2v) is 7.15. The van der Waals surface area contributed by atoms with Crippen molar-refractivity contribution in [3.63, 3.8) is 0 Å². The summed E-state index contributed by atoms with van der Waals surface area (Å²) in [6, 6.07) is 11.7. The molecule has 0 radical (unpaired) electrons. The summed E-state index contributed by atoms with van der Waals surface area (Å²) in [5, 5.41) is 29.3. The Labute approximate surface area is 199 Å². The van der Waals surface area contributed by atoms with E-state index in [4.69, 9.17) is 15.2 Å². The average molecular weight is 478 g/mol. The number of anilines is 1. The number of ether oxygens (including phenoxy) is 2. The molecule has 0 aliphatic rings. The van der Waals surface area contributed by atoms with E-state index in [0.29, 0.717) is 34.9 Å². The summed E-state index contributed by atoms with van der Waals surface area (Å²) in [5.74, 6) is 0.364. The van der Waals surface area contributed by atoms with Gasteiger partial charge in [0.1, 0.15) is 11.4 Å². The number of amides is 1. The van der Waals surface area contributed by atoms with Crippen molar-refractivity contribution in [2.24, 2.45) is 5.10 Å². The van der Waals surface area contributed by atoms with Crippen LogP contribution < -0.4 is 20.6 Å². The number of phenolic OH excluding ortho intramolecular Hbond substituents is 1. The summed E-state index contributed by atoms with van der Waals surface area (Å²) in [5.41, 5.74) is 10.3. The number of nitrogens with two attached hydrogens (primary N) is 1. The molecule has 0 aliphatic heterocycles. The highest BCUT2D eigenvalue weighted by Gasteiger charge is 2.25. The molecule has 35 heavy (non-hydrogen) atoms. The monoisotopic (exact) mass is 478 g/mol. The van der Waals surface area contributed by atoms with Crippen molar-refractivity contribution in [2.45, 2.75) is 13.8 Å². The predicted molar refractivity (Wildman–Crippen MR) is 125 cm³/mol. The zero-order valence-corrected chi connectivity index (χ0v) is 19.1. The quantitative estimate of drug-likeness (QED) is 0.251. The van der Waals surface area contributed by atoms with Gasteiger partial charge in [0.15, 0.2) is 17.2 Å². The fourth-order valence-electron chi connectivity index (χ4n) is 3.21. The fraction of sp³-hybridized carbons (Fsp3) is 0.182. The molecule has 0 bridgehead atoms. The molecule has 4 N–H and O–H groups in total. The van der Waals surface area contributed by atoms with Crippen LogP contribution in [0.5, 0.6) is 17.2 Å². The van der Waals surface area contributed by atoms with E-state index in [2.05, 4.69) is 35.8 Å². The molecule has 0 atom stereocenters. The van der Waals surface area contributed by atoms with Crippen LogP contribution in [-0.4, -0.2) is 55.7 Å². The number of carbonyl (C=O) groups excluding carboxylic acids is 1. The normalized spacial score (nSPS) is 11.3. The Balaban J connectivity index is 1.68. The van der Waals surface area contributed by atoms with Gasteiger partial charge in [-0.3, -0.25) is 4.79 Å². The number of phenols is 1. The Hall–Kier alpha value is -4.94. The largest absolute Gasteiger partial charge is 0.504 e. The van der Waals surface area contributed by atoms with Gasteiger partial charge in [0.25, 0.3) is 5.91 Å². The number of benzene rings is 2. The Morgan fingerprint density at radius 1 is 1.23 bits per heavy atom. The lowest BCUT2D eigenvalue weighted by molar-refractivity contribution is 0.0950. The van der Waals surface area contributed by atoms with Crippen molar-refractivity contribution in [2.75, 3.05) is 19.5 Å². The zero-order valence-electron chi connectivity index (χ0n) is 19.1. The van der Waals surface area contributed by atoms with E-state index in [-0.39, 0.29) is 28.8 Å². The third kappa shape index (κ3) is 4.73. The number of methoxy groups -OCH3 is 1. The number of hydrogen-bond donors (Lipinski definition) is 3. The van der Waals surface area contributed by atoms with Crippen molar-refractivity contribution < 1.29 is 24.0 Å². The van der Waals surface area contributed by atoms with Crippen LogP contribution in [0.2, 0.25) is 0 Å². The first-order valence-electron chi connectivity index (χ1n) is 10.4. The van der Waals surface area contributed by atoms with Crippen LogP contribution in [0.1, 0.15) is 29.9 Å². The molecule has 0 aliphatic carbocycles. The highest BCUT2D eigenvalue weighted by Crippen LogP contribution is 2.29. The molecule has 4 rings (SSSR count). The molecule has 0 fully saturated rings. The maximum Gasteiger partial charge on any atom is 0.294 e. The van der Waals surface area contributed by atoms with Crippen molar-refractivity contribution >= 4 is 17.4 Å². The zero-order chi connectivity index (χ0) is 24.9. The number of aromatic hydroxyl groups is 1. The Kier molecular flexibility index (Phi) is 6.57. The molecule has 0 unspecified atom stereocenters. The van der Waals surface area contributed by atoms with Gasteiger partial charge < -0.3 is 20.3 Å². The molecular weight excluding hydrogens is 456 g/mol. The van der Waals surface area contributed by atoms with Crippen LogP contribution in [-0.2, 0) is 0 Å². The van der Waals surface area contributed by atoms with Gasteiger partial charge in [-0.2, -0.15) is 9.78 Å². The van der Waals surface area contributed by atoms with Crippen LogP contribution in [0.25, 0.3) is 17.1 Å². The third-order valence-corrected chi connectivity index (χ3v) is 4.94. The number of nitrogens with zero attached hydrogens (tertiary/aromatic N) is 6. The predicted octanol–water partition coefficient (Wildman–Crippen LogP) is 2.17. The summed E-state index contributed by atoms with van der Waals surface area (Å²) < 4.78 is 16.6. The minimum atomic E-state index is -0.625. The average Bonchev–Trinajstić information content (AvgIpc) is 3.49. The van der Waals surface area contributed by atoms with Crippen molar-refractivity contribution in [1.82, 2.24) is 30.7 Å². The lowest BCUT2D eigenvalue weighted by Gasteiger charge is -2.08. The molecule has 180 valence electrons. The summed E-state index contributed by atoms with van der Waals surface area (Å²) in [6.45, 7) is 4.09. The number of nitrogen functional groups attached to an aromatic ring is 1. The van der Waals surface area contributed by atoms with Crippen molar-refractivity contribution in [3.8, 4) is 34.3 Å². The van der Waals surface area contributed by atoms with Gasteiger partial charge in [0.2, 0.25) is 11.6 Å². The first kappa shape index (κ1) is 23.2. The molecular formula is C22H22N8O5. The minimum Gasteiger partial charge on any atom is -0.504 e. The van der Waals surface area contributed by atoms with Gasteiger partial charge in [0, 0.05) is 11.1 Å². The molecule has 0 saturated carbocycles. The van der Waals surface area contributed by atoms with Gasteiger partial charge in [-0.05, 0) is 66.6 Å². The molecule has 0 spiro atoms. The fourth-order valence-corrected chi connectivity index (χ4v) is 3.21. The molecule has 2 heterocycles. The Morgan fingerprint density at radius 2 is 2.00 bits per heavy atom. The summed E-state index contributed by atoms with van der Waals surface area (Å²) in [6.07, 6.45) is 0. The number of hydrazone groups is 1. The first-order chi connectivity index (χ1) is 16.9. The molecule has 2 aromatic heterocycles. The van der Waals surface area contributed by atoms with Gasteiger partial charge in [-0.25, -0.2) is 10.1 Å². The smallest absolute Gasteiger partial charge is 0.294 e. The van der Waals surface area contributed by atoms with Gasteiger partial charge >= 0.3 is 0 Å². The number of carbonyl (C=O) groups is 1. The van der Waals surface area contributed by atoms with Crippen molar-refractivity contribution in [1.29, 1.82) is 0 Å². The molecule has 4 aromatic rings. The van der Waals surface area contributed by atoms with E-state index in [0.717, 1.165) is 0 Å². The van der Waals surface area contributed by atoms with E-state index >= 15 is 0 Å². The van der Waals surface area contributed by atoms with Crippen molar-refractivity contribution in [3.05, 3.63) is 53.7 Å². The van der Waals surface area contributed by atoms with E-state index < -0.39 is 5.91 Å². The van der Waals surface area contributed by atoms with Crippen LogP contribution in [0, 0.1) is 0 Å². The van der Waals surface area contributed by atoms with Gasteiger partial charge in [-0.1, -0.05) is 5.21 Å². The van der Waals surface area contributed by atoms with Crippen LogP contribution in [0.15, 0.2) is 52.2 Å². The Bertz CT molecular complexity index is 1380. The number of nitrogens with one attached hydrogen (secondary N) is 1. The number of rotatable bonds is 8. The topological polar surface area (TPSA) is 176 Å². The summed E-state index contributed by atoms with van der Waals surface area (Å²) >= 11 is 0.